The molecule has 3 nitrogen and oxygen atoms in total. The van der Waals surface area contributed by atoms with Crippen LogP contribution in [-0.2, 0) is 4.57 Å². The first-order valence-electron chi connectivity index (χ1n) is 0.583. The highest BCUT2D eigenvalue weighted by Gasteiger charge is 1.93. The lowest BCUT2D eigenvalue weighted by Crippen LogP contribution is -1.38. The molecule has 0 unspecified atom stereocenters. The van der Waals surface area contributed by atoms with Crippen molar-refractivity contribution in [2.75, 3.05) is 0 Å². The minimum atomic E-state index is -2.87. The molecule has 24 valence electrons. The molecule has 0 spiro atoms. The Hall–Kier alpha value is 0.0200. The standard InChI is InChI=1S/HO3P/c1-4(2)3/h(H-,1,2,3)/p+1/i1+2,2+2,3+2. The zero-order chi connectivity index (χ0) is 3.58. The van der Waals surface area contributed by atoms with Crippen molar-refractivity contribution in [3.63, 3.8) is 0 Å². The second-order valence-corrected chi connectivity index (χ2v) is 0.758. The lowest BCUT2D eigenvalue weighted by atomic mass is 17.8. The fourth-order valence-corrected chi connectivity index (χ4v) is 0. The second-order valence-electron chi connectivity index (χ2n) is 0.253. The molecule has 0 aromatic heterocycles. The van der Waals surface area contributed by atoms with Crippen LogP contribution in [-0.4, -0.2) is 9.79 Å². The third-order valence-corrected chi connectivity index (χ3v) is 0. The van der Waals surface area contributed by atoms with Gasteiger partial charge in [0.25, 0.3) is 0 Å². The van der Waals surface area contributed by atoms with E-state index < -0.39 is 8.25 Å². The number of rotatable bonds is 0. The Balaban J connectivity index is 2.80. The van der Waals surface area contributed by atoms with Crippen molar-refractivity contribution in [1.29, 1.82) is 0 Å². The molecule has 0 bridgehead atoms. The summed E-state index contributed by atoms with van der Waals surface area (Å²) in [7, 11) is -2.87. The van der Waals surface area contributed by atoms with Crippen molar-refractivity contribution >= 4 is 8.25 Å². The summed E-state index contributed by atoms with van der Waals surface area (Å²) in [5.41, 5.74) is 0. The minimum Gasteiger partial charge on any atom is -0.134 e. The van der Waals surface area contributed by atoms with Gasteiger partial charge in [0.15, 0.2) is 0 Å². The molecule has 0 aromatic rings. The van der Waals surface area contributed by atoms with Crippen molar-refractivity contribution in [2.45, 2.75) is 0 Å². The van der Waals surface area contributed by atoms with E-state index in [9.17, 15) is 0 Å². The van der Waals surface area contributed by atoms with Crippen molar-refractivity contribution in [2.24, 2.45) is 0 Å². The molecule has 0 aliphatic rings. The fourth-order valence-electron chi connectivity index (χ4n) is 0. The van der Waals surface area contributed by atoms with E-state index in [1.165, 1.54) is 0 Å². The van der Waals surface area contributed by atoms with Crippen LogP contribution in [0.4, 0.5) is 0 Å². The van der Waals surface area contributed by atoms with Crippen molar-refractivity contribution in [3.05, 3.63) is 0 Å². The SMILES string of the molecule is [18O]=[P+]([18OH])[18OH]. The topological polar surface area (TPSA) is 57.5 Å². The van der Waals surface area contributed by atoms with Gasteiger partial charge in [-0.2, -0.15) is 0 Å². The summed E-state index contributed by atoms with van der Waals surface area (Å²) < 4.78 is 8.70. The predicted molar refractivity (Wildman–Crippen MR) is 12.0 cm³/mol. The van der Waals surface area contributed by atoms with Gasteiger partial charge in [0.1, 0.15) is 0 Å². The van der Waals surface area contributed by atoms with Gasteiger partial charge in [-0.1, -0.05) is 0 Å². The van der Waals surface area contributed by atoms with Gasteiger partial charge in [-0.05, 0) is 0 Å². The summed E-state index contributed by atoms with van der Waals surface area (Å²) in [5, 5.41) is 0. The predicted octanol–water partition coefficient (Wildman–Crippen LogP) is -0.372. The van der Waals surface area contributed by atoms with Crippen LogP contribution in [0.5, 0.6) is 0 Å². The van der Waals surface area contributed by atoms with Gasteiger partial charge >= 0.3 is 8.25 Å². The van der Waals surface area contributed by atoms with Crippen LogP contribution in [0.25, 0.3) is 0 Å². The molecule has 0 heterocycles. The van der Waals surface area contributed by atoms with Gasteiger partial charge < -0.3 is 0 Å². The van der Waals surface area contributed by atoms with E-state index in [1.54, 1.807) is 0 Å². The number of hydrogen-bond donors (Lipinski definition) is 2. The molecule has 4 heavy (non-hydrogen) atoms. The molecule has 4 heteroatoms. The first-order chi connectivity index (χ1) is 1.73. The van der Waals surface area contributed by atoms with Crippen molar-refractivity contribution in [3.8, 4) is 0 Å². The average Bonchev–Trinajstić information content (AvgIpc) is 0.811. The maximum absolute atomic E-state index is 8.70. The molecule has 0 radical (unpaired) electrons. The van der Waals surface area contributed by atoms with Crippen molar-refractivity contribution in [1.82, 2.24) is 0 Å². The van der Waals surface area contributed by atoms with E-state index in [4.69, 9.17) is 14.4 Å². The van der Waals surface area contributed by atoms with Gasteiger partial charge in [0, 0.05) is 4.57 Å². The molecule has 0 aliphatic heterocycles. The zero-order valence-electron chi connectivity index (χ0n) is 1.75. The van der Waals surface area contributed by atoms with Crippen molar-refractivity contribution < 1.29 is 14.4 Å². The van der Waals surface area contributed by atoms with E-state index >= 15 is 0 Å². The highest BCUT2D eigenvalue weighted by Crippen LogP contribution is 1.98. The molecule has 0 aromatic carbocycles. The molecule has 2 N–H and O–H groups in total. The largest absolute Gasteiger partial charge is 0.692 e. The zero-order valence-corrected chi connectivity index (χ0v) is 2.64. The van der Waals surface area contributed by atoms with E-state index in [1.807, 2.05) is 0 Å². The van der Waals surface area contributed by atoms with Crippen LogP contribution in [0.3, 0.4) is 0 Å². The molecular weight excluding hydrogens is 85.0 g/mol. The van der Waals surface area contributed by atoms with E-state index in [0.29, 0.717) is 0 Å². The minimum absolute atomic E-state index is 2.87. The molecule has 0 aliphatic carbocycles. The lowest BCUT2D eigenvalue weighted by Gasteiger charge is -1.34. The van der Waals surface area contributed by atoms with Gasteiger partial charge in [-0.15, -0.1) is 9.79 Å². The third-order valence-electron chi connectivity index (χ3n) is 0. The highest BCUT2D eigenvalue weighted by molar-refractivity contribution is 7.30. The maximum Gasteiger partial charge on any atom is 0.692 e. The van der Waals surface area contributed by atoms with Crippen LogP contribution >= 0.6 is 8.25 Å². The Labute approximate surface area is 23.8 Å². The van der Waals surface area contributed by atoms with Gasteiger partial charge in [0.2, 0.25) is 0 Å². The molecule has 0 fully saturated rings. The molecule has 0 saturated heterocycles. The second kappa shape index (κ2) is 1.35. The normalized spacial score (nSPS) is 6.50. The average molecular weight is 87.0 g/mol. The Bertz CT molecular complexity index is 26.3. The summed E-state index contributed by atoms with van der Waals surface area (Å²) in [6.07, 6.45) is 0. The lowest BCUT2D eigenvalue weighted by molar-refractivity contribution is 0.405. The Morgan fingerprint density at radius 1 is 1.50 bits per heavy atom. The Morgan fingerprint density at radius 2 is 1.50 bits per heavy atom. The molecular formula is H2O3P+. The fraction of sp³-hybridized carbons (Fsp3) is 0. The van der Waals surface area contributed by atoms with Crippen LogP contribution < -0.4 is 0 Å². The summed E-state index contributed by atoms with van der Waals surface area (Å²) in [6, 6.07) is 0. The Morgan fingerprint density at radius 3 is 1.50 bits per heavy atom. The summed E-state index contributed by atoms with van der Waals surface area (Å²) in [6.45, 7) is 0. The molecule has 0 amide bonds. The van der Waals surface area contributed by atoms with E-state index in [0.717, 1.165) is 0 Å². The van der Waals surface area contributed by atoms with Crippen LogP contribution in [0.15, 0.2) is 0 Å². The molecule has 0 saturated carbocycles. The van der Waals surface area contributed by atoms with Crippen LogP contribution in [0.1, 0.15) is 0 Å². The summed E-state index contributed by atoms with van der Waals surface area (Å²) in [4.78, 5) is 14.2. The van der Waals surface area contributed by atoms with Crippen LogP contribution in [0, 0.1) is 0 Å². The van der Waals surface area contributed by atoms with Gasteiger partial charge in [-0.3, -0.25) is 0 Å². The highest BCUT2D eigenvalue weighted by atomic mass is 31.2. The summed E-state index contributed by atoms with van der Waals surface area (Å²) >= 11 is 0. The monoisotopic (exact) mass is 87.0 g/mol. The third kappa shape index (κ3) is 5250. The maximum atomic E-state index is 8.70. The van der Waals surface area contributed by atoms with E-state index in [-0.39, 0.29) is 0 Å². The van der Waals surface area contributed by atoms with Gasteiger partial charge in [-0.25, -0.2) is 0 Å². The first-order valence-corrected chi connectivity index (χ1v) is 1.75. The van der Waals surface area contributed by atoms with E-state index in [2.05, 4.69) is 0 Å². The quantitative estimate of drug-likeness (QED) is 0.313. The summed E-state index contributed by atoms with van der Waals surface area (Å²) in [5.74, 6) is 0. The molecule has 0 atom stereocenters. The number of hydrogen-bond acceptors (Lipinski definition) is 1. The molecule has 0 rings (SSSR count). The first kappa shape index (κ1) is 4.02. The Kier molecular flexibility index (Phi) is 1.36. The van der Waals surface area contributed by atoms with Crippen LogP contribution in [0.2, 0.25) is 0 Å². The smallest absolute Gasteiger partial charge is 0.134 e. The van der Waals surface area contributed by atoms with Gasteiger partial charge in [0.05, 0.1) is 0 Å².